The van der Waals surface area contributed by atoms with E-state index in [2.05, 4.69) is 20.6 Å². The fraction of sp³-hybridized carbons (Fsp3) is 0.520. The molecule has 1 aromatic heterocycles. The number of hydrogen-bond acceptors (Lipinski definition) is 5. The summed E-state index contributed by atoms with van der Waals surface area (Å²) in [4.78, 5) is 42.6. The van der Waals surface area contributed by atoms with Gasteiger partial charge in [0.05, 0.1) is 6.54 Å². The van der Waals surface area contributed by atoms with Crippen molar-refractivity contribution in [1.29, 1.82) is 0 Å². The van der Waals surface area contributed by atoms with Crippen LogP contribution in [0.5, 0.6) is 0 Å². The number of piperidine rings is 1. The molecule has 2 aliphatic rings. The lowest BCUT2D eigenvalue weighted by Gasteiger charge is -2.40. The molecule has 3 amide bonds. The van der Waals surface area contributed by atoms with Crippen LogP contribution in [0.2, 0.25) is 0 Å². The van der Waals surface area contributed by atoms with Gasteiger partial charge in [0.1, 0.15) is 11.2 Å². The van der Waals surface area contributed by atoms with Gasteiger partial charge < -0.3 is 20.4 Å². The number of carbonyl (C=O) groups excluding carboxylic acids is 3. The highest BCUT2D eigenvalue weighted by Crippen LogP contribution is 2.26. The Balaban J connectivity index is 1.39. The second kappa shape index (κ2) is 9.97. The Morgan fingerprint density at radius 2 is 1.79 bits per heavy atom. The highest BCUT2D eigenvalue weighted by atomic mass is 16.2. The van der Waals surface area contributed by atoms with Crippen molar-refractivity contribution in [2.75, 3.05) is 33.2 Å². The lowest BCUT2D eigenvalue weighted by molar-refractivity contribution is -0.132. The van der Waals surface area contributed by atoms with E-state index >= 15 is 0 Å². The molecule has 1 aromatic carbocycles. The molecule has 1 fully saturated rings. The van der Waals surface area contributed by atoms with E-state index in [1.807, 2.05) is 31.2 Å². The smallest absolute Gasteiger partial charge is 0.272 e. The second-order valence-electron chi connectivity index (χ2n) is 9.54. The molecule has 2 N–H and O–H groups in total. The summed E-state index contributed by atoms with van der Waals surface area (Å²) in [6.45, 7) is 7.75. The summed E-state index contributed by atoms with van der Waals surface area (Å²) in [6.07, 6.45) is 3.68. The van der Waals surface area contributed by atoms with Crippen molar-refractivity contribution in [3.63, 3.8) is 0 Å². The fourth-order valence-corrected chi connectivity index (χ4v) is 4.52. The van der Waals surface area contributed by atoms with Crippen molar-refractivity contribution < 1.29 is 14.4 Å². The highest BCUT2D eigenvalue weighted by molar-refractivity contribution is 6.01. The summed E-state index contributed by atoms with van der Waals surface area (Å²) in [5.41, 5.74) is 1.52. The molecule has 182 valence electrons. The molecule has 3 heterocycles. The van der Waals surface area contributed by atoms with E-state index in [9.17, 15) is 14.4 Å². The van der Waals surface area contributed by atoms with Crippen LogP contribution >= 0.6 is 0 Å². The maximum atomic E-state index is 13.1. The van der Waals surface area contributed by atoms with Crippen LogP contribution in [0.4, 0.5) is 0 Å². The lowest BCUT2D eigenvalue weighted by Crippen LogP contribution is -2.62. The van der Waals surface area contributed by atoms with Crippen LogP contribution in [-0.4, -0.2) is 76.1 Å². The summed E-state index contributed by atoms with van der Waals surface area (Å²) in [5, 5.41) is 10.2. The third-order valence-electron chi connectivity index (χ3n) is 6.96. The van der Waals surface area contributed by atoms with Crippen molar-refractivity contribution in [1.82, 2.24) is 30.2 Å². The quantitative estimate of drug-likeness (QED) is 0.645. The van der Waals surface area contributed by atoms with E-state index in [1.165, 1.54) is 34.9 Å². The molecule has 4 rings (SSSR count). The maximum Gasteiger partial charge on any atom is 0.272 e. The highest BCUT2D eigenvalue weighted by Gasteiger charge is 2.46. The zero-order valence-electron chi connectivity index (χ0n) is 20.3. The van der Waals surface area contributed by atoms with Crippen LogP contribution in [0.25, 0.3) is 0 Å². The van der Waals surface area contributed by atoms with Crippen LogP contribution in [-0.2, 0) is 17.9 Å². The van der Waals surface area contributed by atoms with Gasteiger partial charge in [-0.15, -0.1) is 0 Å². The molecule has 0 saturated carbocycles. The van der Waals surface area contributed by atoms with Gasteiger partial charge in [0.15, 0.2) is 5.69 Å². The van der Waals surface area contributed by atoms with Crippen molar-refractivity contribution in [3.05, 3.63) is 52.8 Å². The first-order valence-electron chi connectivity index (χ1n) is 12.0. The molecule has 1 saturated heterocycles. The van der Waals surface area contributed by atoms with Crippen molar-refractivity contribution in [2.24, 2.45) is 0 Å². The molecule has 1 atom stereocenters. The van der Waals surface area contributed by atoms with Crippen LogP contribution in [0.1, 0.15) is 58.3 Å². The normalized spacial score (nSPS) is 20.7. The van der Waals surface area contributed by atoms with Crippen LogP contribution in [0, 0.1) is 6.92 Å². The molecular weight excluding hydrogens is 432 g/mol. The minimum Gasteiger partial charge on any atom is -0.350 e. The summed E-state index contributed by atoms with van der Waals surface area (Å²) in [7, 11) is 1.61. The van der Waals surface area contributed by atoms with Crippen LogP contribution in [0.15, 0.2) is 30.3 Å². The number of nitrogens with one attached hydrogen (secondary N) is 2. The van der Waals surface area contributed by atoms with E-state index in [0.717, 1.165) is 30.8 Å². The minimum absolute atomic E-state index is 0.172. The molecule has 0 bridgehead atoms. The van der Waals surface area contributed by atoms with Crippen LogP contribution < -0.4 is 10.6 Å². The van der Waals surface area contributed by atoms with Gasteiger partial charge in [0, 0.05) is 32.7 Å². The van der Waals surface area contributed by atoms with E-state index in [0.29, 0.717) is 18.8 Å². The second-order valence-corrected chi connectivity index (χ2v) is 9.54. The van der Waals surface area contributed by atoms with Gasteiger partial charge in [0.25, 0.3) is 11.8 Å². The number of nitrogens with zero attached hydrogens (tertiary/aromatic N) is 4. The summed E-state index contributed by atoms with van der Waals surface area (Å²) < 4.78 is 1.48. The van der Waals surface area contributed by atoms with Gasteiger partial charge in [-0.1, -0.05) is 36.2 Å². The first-order chi connectivity index (χ1) is 16.3. The van der Waals surface area contributed by atoms with Gasteiger partial charge in [-0.25, -0.2) is 0 Å². The zero-order chi connectivity index (χ0) is 24.3. The first kappa shape index (κ1) is 23.9. The molecule has 9 nitrogen and oxygen atoms in total. The molecule has 9 heteroatoms. The number of rotatable bonds is 7. The largest absolute Gasteiger partial charge is 0.350 e. The molecule has 0 aliphatic carbocycles. The summed E-state index contributed by atoms with van der Waals surface area (Å²) >= 11 is 0. The third-order valence-corrected chi connectivity index (χ3v) is 6.96. The molecule has 0 spiro atoms. The molecule has 0 radical (unpaired) electrons. The Labute approximate surface area is 200 Å². The molecule has 34 heavy (non-hydrogen) atoms. The molecule has 2 aromatic rings. The van der Waals surface area contributed by atoms with Crippen molar-refractivity contribution >= 4 is 17.7 Å². The number of likely N-dealkylation sites (tertiary alicyclic amines) is 1. The predicted octanol–water partition coefficient (Wildman–Crippen LogP) is 1.57. The molecule has 0 unspecified atom stereocenters. The summed E-state index contributed by atoms with van der Waals surface area (Å²) in [6, 6.07) is 9.44. The van der Waals surface area contributed by atoms with Gasteiger partial charge in [-0.05, 0) is 45.3 Å². The zero-order valence-corrected chi connectivity index (χ0v) is 20.3. The maximum absolute atomic E-state index is 13.1. The number of aromatic nitrogens is 2. The Bertz CT molecular complexity index is 1060. The van der Waals surface area contributed by atoms with E-state index in [4.69, 9.17) is 0 Å². The Hall–Kier alpha value is -3.20. The number of aryl methyl sites for hydroxylation is 1. The van der Waals surface area contributed by atoms with E-state index in [1.54, 1.807) is 14.0 Å². The number of likely N-dealkylation sites (N-methyl/N-ethyl adjacent to an activating group) is 1. The number of hydrogen-bond donors (Lipinski definition) is 2. The van der Waals surface area contributed by atoms with Gasteiger partial charge >= 0.3 is 0 Å². The molecular formula is C25H34N6O3. The number of amides is 3. The standard InChI is InChI=1S/C25H34N6O3/c1-18-7-9-19(10-8-18)16-27-24(34)25(2)17-31-21(23(33)29(25)3)15-20(28-31)22(32)26-11-14-30-12-5-4-6-13-30/h7-10,15H,4-6,11-14,16-17H2,1-3H3,(H,26,32)(H,27,34)/t25-/m1/s1. The number of fused-ring (bicyclic) bond motifs is 1. The Morgan fingerprint density at radius 3 is 2.50 bits per heavy atom. The van der Waals surface area contributed by atoms with E-state index in [-0.39, 0.29) is 30.0 Å². The average molecular weight is 467 g/mol. The average Bonchev–Trinajstić information content (AvgIpc) is 3.26. The molecule has 2 aliphatic heterocycles. The predicted molar refractivity (Wildman–Crippen MR) is 128 cm³/mol. The monoisotopic (exact) mass is 466 g/mol. The Morgan fingerprint density at radius 1 is 1.09 bits per heavy atom. The summed E-state index contributed by atoms with van der Waals surface area (Å²) in [5.74, 6) is -0.906. The van der Waals surface area contributed by atoms with Crippen molar-refractivity contribution in [2.45, 2.75) is 51.7 Å². The first-order valence-corrected chi connectivity index (χ1v) is 12.0. The van der Waals surface area contributed by atoms with Gasteiger partial charge in [0.2, 0.25) is 5.91 Å². The fourth-order valence-electron chi connectivity index (χ4n) is 4.52. The van der Waals surface area contributed by atoms with E-state index < -0.39 is 5.54 Å². The SMILES string of the molecule is Cc1ccc(CNC(=O)[C@@]2(C)Cn3nc(C(=O)NCCN4CCCCC4)cc3C(=O)N2C)cc1. The third kappa shape index (κ3) is 4.99. The number of benzene rings is 1. The van der Waals surface area contributed by atoms with Crippen molar-refractivity contribution in [3.8, 4) is 0 Å². The lowest BCUT2D eigenvalue weighted by atomic mass is 9.95. The van der Waals surface area contributed by atoms with Gasteiger partial charge in [-0.2, -0.15) is 5.10 Å². The Kier molecular flexibility index (Phi) is 7.02. The minimum atomic E-state index is -1.12. The van der Waals surface area contributed by atoms with Gasteiger partial charge in [-0.3, -0.25) is 19.1 Å². The topological polar surface area (TPSA) is 99.6 Å². The van der Waals surface area contributed by atoms with Crippen LogP contribution in [0.3, 0.4) is 0 Å². The number of carbonyl (C=O) groups is 3.